The summed E-state index contributed by atoms with van der Waals surface area (Å²) in [6.07, 6.45) is 11.2. The summed E-state index contributed by atoms with van der Waals surface area (Å²) in [6, 6.07) is 3.44. The second kappa shape index (κ2) is 16.1. The summed E-state index contributed by atoms with van der Waals surface area (Å²) in [5.41, 5.74) is 1.19. The summed E-state index contributed by atoms with van der Waals surface area (Å²) < 4.78 is 5.28. The van der Waals surface area contributed by atoms with E-state index in [9.17, 15) is 0 Å². The number of allylic oxidation sites excluding steroid dienone is 1. The van der Waals surface area contributed by atoms with Gasteiger partial charge in [0.1, 0.15) is 5.75 Å². The zero-order valence-electron chi connectivity index (χ0n) is 17.8. The van der Waals surface area contributed by atoms with Crippen LogP contribution in [0, 0.1) is 5.41 Å². The van der Waals surface area contributed by atoms with Gasteiger partial charge in [-0.05, 0) is 56.2 Å². The molecule has 0 saturated heterocycles. The minimum atomic E-state index is 0.206. The van der Waals surface area contributed by atoms with E-state index in [0.29, 0.717) is 11.5 Å². The zero-order valence-corrected chi connectivity index (χ0v) is 17.8. The van der Waals surface area contributed by atoms with E-state index in [1.165, 1.54) is 25.5 Å². The van der Waals surface area contributed by atoms with Crippen molar-refractivity contribution >= 4 is 6.08 Å². The lowest BCUT2D eigenvalue weighted by Gasteiger charge is -2.24. The number of ether oxygens (including phenoxy) is 1. The molecule has 0 spiro atoms. The first-order valence-corrected chi connectivity index (χ1v) is 9.84. The molecule has 0 atom stereocenters. The molecule has 1 fully saturated rings. The van der Waals surface area contributed by atoms with Crippen LogP contribution in [0.1, 0.15) is 86.8 Å². The van der Waals surface area contributed by atoms with Crippen molar-refractivity contribution in [3.8, 4) is 5.75 Å². The fourth-order valence-electron chi connectivity index (χ4n) is 1.80. The number of hydrogen-bond donors (Lipinski definition) is 1. The van der Waals surface area contributed by atoms with Crippen LogP contribution in [0.25, 0.3) is 6.08 Å². The maximum absolute atomic E-state index is 9.02. The Morgan fingerprint density at radius 3 is 2.08 bits per heavy atom. The van der Waals surface area contributed by atoms with Crippen molar-refractivity contribution < 1.29 is 9.84 Å². The topological polar surface area (TPSA) is 42.4 Å². The molecule has 2 rings (SSSR count). The van der Waals surface area contributed by atoms with Gasteiger partial charge in [-0.25, -0.2) is 0 Å². The molecular formula is C22H41NO2. The van der Waals surface area contributed by atoms with E-state index in [2.05, 4.69) is 38.8 Å². The lowest BCUT2D eigenvalue weighted by molar-refractivity contribution is 0.00995. The van der Waals surface area contributed by atoms with E-state index in [4.69, 9.17) is 9.84 Å². The molecule has 1 N–H and O–H groups in total. The molecule has 1 aromatic rings. The Kier molecular flexibility index (Phi) is 16.7. The average molecular weight is 352 g/mol. The molecule has 0 radical (unpaired) electrons. The largest absolute Gasteiger partial charge is 0.506 e. The fourth-order valence-corrected chi connectivity index (χ4v) is 1.80. The Hall–Kier alpha value is -1.35. The molecular weight excluding hydrogens is 310 g/mol. The normalized spacial score (nSPS) is 13.4. The second-order valence-electron chi connectivity index (χ2n) is 6.62. The molecule has 1 aromatic heterocycles. The molecule has 0 unspecified atom stereocenters. The molecule has 1 heterocycles. The second-order valence-corrected chi connectivity index (χ2v) is 6.62. The predicted molar refractivity (Wildman–Crippen MR) is 111 cm³/mol. The molecule has 1 saturated carbocycles. The lowest BCUT2D eigenvalue weighted by atomic mass is 9.92. The Balaban J connectivity index is 0. The quantitative estimate of drug-likeness (QED) is 0.644. The van der Waals surface area contributed by atoms with Gasteiger partial charge in [0.05, 0.1) is 18.0 Å². The molecule has 146 valence electrons. The van der Waals surface area contributed by atoms with Crippen LogP contribution < -0.4 is 0 Å². The summed E-state index contributed by atoms with van der Waals surface area (Å²) in [6.45, 7) is 17.5. The van der Waals surface area contributed by atoms with Crippen LogP contribution in [0.2, 0.25) is 0 Å². The third-order valence-electron chi connectivity index (χ3n) is 3.24. The lowest BCUT2D eigenvalue weighted by Crippen LogP contribution is -2.20. The van der Waals surface area contributed by atoms with Gasteiger partial charge < -0.3 is 9.84 Å². The molecule has 25 heavy (non-hydrogen) atoms. The molecule has 3 heteroatoms. The van der Waals surface area contributed by atoms with Gasteiger partial charge in [-0.2, -0.15) is 0 Å². The number of hydrogen-bond acceptors (Lipinski definition) is 3. The van der Waals surface area contributed by atoms with E-state index >= 15 is 0 Å². The SMILES string of the molecule is CC.CC.CC(C)(C)C/C=C/c1ccc(O)cn1.CCOC1CCC1. The van der Waals surface area contributed by atoms with Crippen molar-refractivity contribution in [1.82, 2.24) is 4.98 Å². The van der Waals surface area contributed by atoms with Gasteiger partial charge in [0, 0.05) is 6.61 Å². The third-order valence-corrected chi connectivity index (χ3v) is 3.24. The molecule has 1 aliphatic carbocycles. The highest BCUT2D eigenvalue weighted by Gasteiger charge is 2.16. The zero-order chi connectivity index (χ0) is 19.7. The van der Waals surface area contributed by atoms with Gasteiger partial charge in [-0.3, -0.25) is 4.98 Å². The Bertz CT molecular complexity index is 415. The van der Waals surface area contributed by atoms with Crippen molar-refractivity contribution in [2.45, 2.75) is 87.2 Å². The van der Waals surface area contributed by atoms with Crippen molar-refractivity contribution in [2.75, 3.05) is 6.61 Å². The van der Waals surface area contributed by atoms with E-state index < -0.39 is 0 Å². The monoisotopic (exact) mass is 351 g/mol. The fraction of sp³-hybridized carbons (Fsp3) is 0.682. The summed E-state index contributed by atoms with van der Waals surface area (Å²) in [7, 11) is 0. The van der Waals surface area contributed by atoms with Crippen molar-refractivity contribution in [2.24, 2.45) is 5.41 Å². The van der Waals surface area contributed by atoms with Crippen LogP contribution in [0.4, 0.5) is 0 Å². The summed E-state index contributed by atoms with van der Waals surface area (Å²) in [5, 5.41) is 9.02. The summed E-state index contributed by atoms with van der Waals surface area (Å²) in [4.78, 5) is 4.06. The number of nitrogens with zero attached hydrogens (tertiary/aromatic N) is 1. The maximum atomic E-state index is 9.02. The number of rotatable bonds is 4. The van der Waals surface area contributed by atoms with Crippen LogP contribution >= 0.6 is 0 Å². The predicted octanol–water partition coefficient (Wildman–Crippen LogP) is 6.86. The number of aromatic hydroxyl groups is 1. The summed E-state index contributed by atoms with van der Waals surface area (Å²) >= 11 is 0. The maximum Gasteiger partial charge on any atom is 0.133 e. The van der Waals surface area contributed by atoms with Gasteiger partial charge in [0.15, 0.2) is 0 Å². The smallest absolute Gasteiger partial charge is 0.133 e. The van der Waals surface area contributed by atoms with Crippen molar-refractivity contribution in [1.29, 1.82) is 0 Å². The van der Waals surface area contributed by atoms with Crippen LogP contribution in [0.5, 0.6) is 5.75 Å². The van der Waals surface area contributed by atoms with Crippen LogP contribution in [-0.2, 0) is 4.74 Å². The third kappa shape index (κ3) is 15.9. The molecule has 1 aliphatic rings. The van der Waals surface area contributed by atoms with Gasteiger partial charge in [-0.15, -0.1) is 0 Å². The highest BCUT2D eigenvalue weighted by atomic mass is 16.5. The van der Waals surface area contributed by atoms with E-state index in [1.807, 2.05) is 33.8 Å². The highest BCUT2D eigenvalue weighted by molar-refractivity contribution is 5.45. The molecule has 0 aromatic carbocycles. The Morgan fingerprint density at radius 1 is 1.16 bits per heavy atom. The van der Waals surface area contributed by atoms with Crippen molar-refractivity contribution in [3.05, 3.63) is 30.1 Å². The first-order chi connectivity index (χ1) is 11.9. The van der Waals surface area contributed by atoms with Crippen molar-refractivity contribution in [3.63, 3.8) is 0 Å². The molecule has 0 bridgehead atoms. The van der Waals surface area contributed by atoms with E-state index in [-0.39, 0.29) is 5.75 Å². The molecule has 0 aliphatic heterocycles. The number of aromatic nitrogens is 1. The van der Waals surface area contributed by atoms with Crippen LogP contribution in [-0.4, -0.2) is 22.8 Å². The minimum Gasteiger partial charge on any atom is -0.506 e. The van der Waals surface area contributed by atoms with Crippen LogP contribution in [0.3, 0.4) is 0 Å². The minimum absolute atomic E-state index is 0.206. The van der Waals surface area contributed by atoms with Gasteiger partial charge >= 0.3 is 0 Å². The summed E-state index contributed by atoms with van der Waals surface area (Å²) in [5.74, 6) is 0.206. The van der Waals surface area contributed by atoms with Gasteiger partial charge in [0.25, 0.3) is 0 Å². The average Bonchev–Trinajstić information content (AvgIpc) is 2.56. The standard InChI is InChI=1S/C12H17NO.C6H12O.2C2H6/c1-12(2,3)8-4-5-10-6-7-11(14)9-13-10;1-2-7-6-4-3-5-6;2*1-2/h4-7,9,14H,8H2,1-3H3;6H,2-5H2,1H3;2*1-2H3/b5-4+;;;. The molecule has 0 amide bonds. The molecule has 3 nitrogen and oxygen atoms in total. The van der Waals surface area contributed by atoms with E-state index in [1.54, 1.807) is 12.1 Å². The van der Waals surface area contributed by atoms with Crippen LogP contribution in [0.15, 0.2) is 24.4 Å². The highest BCUT2D eigenvalue weighted by Crippen LogP contribution is 2.21. The first-order valence-electron chi connectivity index (χ1n) is 9.84. The number of pyridine rings is 1. The first kappa shape index (κ1) is 25.9. The van der Waals surface area contributed by atoms with Gasteiger partial charge in [0.2, 0.25) is 0 Å². The van der Waals surface area contributed by atoms with Gasteiger partial charge in [-0.1, -0.05) is 54.5 Å². The Morgan fingerprint density at radius 2 is 1.76 bits per heavy atom. The Labute approximate surface area is 156 Å². The van der Waals surface area contributed by atoms with E-state index in [0.717, 1.165) is 18.7 Å².